The molecular formula is C15H20N6O2. The molecule has 0 radical (unpaired) electrons. The normalized spacial score (nSPS) is 16.3. The lowest BCUT2D eigenvalue weighted by atomic mass is 10.2. The number of carbonyl (C=O) groups excluding carboxylic acids is 1. The predicted octanol–water partition coefficient (Wildman–Crippen LogP) is 1.68. The molecule has 1 aliphatic carbocycles. The molecule has 0 saturated heterocycles. The number of carbonyl (C=O) groups is 1. The topological polar surface area (TPSA) is 94.8 Å². The first-order chi connectivity index (χ1) is 11.2. The van der Waals surface area contributed by atoms with Crippen molar-refractivity contribution < 1.29 is 9.53 Å². The average molecular weight is 316 g/mol. The van der Waals surface area contributed by atoms with Crippen LogP contribution in [-0.4, -0.2) is 37.7 Å². The van der Waals surface area contributed by atoms with Crippen molar-refractivity contribution in [2.24, 2.45) is 0 Å². The van der Waals surface area contributed by atoms with E-state index in [2.05, 4.69) is 30.0 Å². The minimum atomic E-state index is -0.249. The zero-order valence-electron chi connectivity index (χ0n) is 13.3. The second kappa shape index (κ2) is 6.72. The summed E-state index contributed by atoms with van der Waals surface area (Å²) in [5, 5.41) is 11.1. The van der Waals surface area contributed by atoms with Gasteiger partial charge in [-0.3, -0.25) is 4.79 Å². The third-order valence-corrected chi connectivity index (χ3v) is 4.13. The van der Waals surface area contributed by atoms with Gasteiger partial charge in [0.05, 0.1) is 18.7 Å². The average Bonchev–Trinajstić information content (AvgIpc) is 3.25. The number of nitrogens with zero attached hydrogens (tertiary/aromatic N) is 5. The quantitative estimate of drug-likeness (QED) is 0.902. The van der Waals surface area contributed by atoms with Crippen molar-refractivity contribution in [2.45, 2.75) is 44.7 Å². The Morgan fingerprint density at radius 3 is 2.70 bits per heavy atom. The molecule has 23 heavy (non-hydrogen) atoms. The van der Waals surface area contributed by atoms with Crippen LogP contribution < -0.4 is 10.1 Å². The van der Waals surface area contributed by atoms with Crippen molar-refractivity contribution in [2.75, 3.05) is 7.11 Å². The predicted molar refractivity (Wildman–Crippen MR) is 82.0 cm³/mol. The highest BCUT2D eigenvalue weighted by molar-refractivity contribution is 5.93. The Bertz CT molecular complexity index is 663. The zero-order chi connectivity index (χ0) is 16.2. The van der Waals surface area contributed by atoms with Gasteiger partial charge in [-0.25, -0.2) is 9.97 Å². The molecule has 1 amide bonds. The Labute approximate surface area is 134 Å². The molecule has 2 heterocycles. The fourth-order valence-electron chi connectivity index (χ4n) is 2.91. The van der Waals surface area contributed by atoms with E-state index >= 15 is 0 Å². The van der Waals surface area contributed by atoms with Crippen LogP contribution in [0.1, 0.15) is 60.9 Å². The van der Waals surface area contributed by atoms with Crippen LogP contribution in [0.4, 0.5) is 0 Å². The SMILES string of the molecule is COc1ncc(C(=O)N[C@H](C)c2nncn2C2CCCC2)cn1. The molecule has 0 aliphatic heterocycles. The molecule has 8 heteroatoms. The fourth-order valence-corrected chi connectivity index (χ4v) is 2.91. The van der Waals surface area contributed by atoms with Crippen molar-refractivity contribution in [3.8, 4) is 6.01 Å². The van der Waals surface area contributed by atoms with E-state index in [0.29, 0.717) is 11.6 Å². The standard InChI is InChI=1S/C15H20N6O2/c1-10(13-20-18-9-21(13)12-5-3-4-6-12)19-14(22)11-7-16-15(23-2)17-8-11/h7-10,12H,3-6H2,1-2H3,(H,19,22)/t10-/m1/s1. The summed E-state index contributed by atoms with van der Waals surface area (Å²) < 4.78 is 6.97. The molecular weight excluding hydrogens is 296 g/mol. The van der Waals surface area contributed by atoms with Crippen LogP contribution in [0.3, 0.4) is 0 Å². The minimum absolute atomic E-state index is 0.232. The number of aromatic nitrogens is 5. The van der Waals surface area contributed by atoms with Crippen molar-refractivity contribution in [1.82, 2.24) is 30.0 Å². The largest absolute Gasteiger partial charge is 0.467 e. The van der Waals surface area contributed by atoms with Crippen molar-refractivity contribution in [1.29, 1.82) is 0 Å². The van der Waals surface area contributed by atoms with Gasteiger partial charge in [-0.05, 0) is 19.8 Å². The van der Waals surface area contributed by atoms with E-state index in [0.717, 1.165) is 18.7 Å². The number of rotatable bonds is 5. The molecule has 1 saturated carbocycles. The zero-order valence-corrected chi connectivity index (χ0v) is 13.3. The van der Waals surface area contributed by atoms with Crippen LogP contribution in [0.25, 0.3) is 0 Å². The van der Waals surface area contributed by atoms with E-state index in [-0.39, 0.29) is 18.0 Å². The maximum atomic E-state index is 12.3. The first-order valence-electron chi connectivity index (χ1n) is 7.75. The highest BCUT2D eigenvalue weighted by Gasteiger charge is 2.23. The molecule has 1 atom stereocenters. The molecule has 1 fully saturated rings. The third kappa shape index (κ3) is 3.30. The first kappa shape index (κ1) is 15.4. The molecule has 122 valence electrons. The lowest BCUT2D eigenvalue weighted by Gasteiger charge is -2.18. The van der Waals surface area contributed by atoms with Gasteiger partial charge in [0.1, 0.15) is 6.33 Å². The Morgan fingerprint density at radius 2 is 2.04 bits per heavy atom. The third-order valence-electron chi connectivity index (χ3n) is 4.13. The van der Waals surface area contributed by atoms with Gasteiger partial charge < -0.3 is 14.6 Å². The number of ether oxygens (including phenoxy) is 1. The van der Waals surface area contributed by atoms with Crippen LogP contribution in [0.2, 0.25) is 0 Å². The molecule has 2 aromatic rings. The van der Waals surface area contributed by atoms with E-state index in [1.807, 2.05) is 6.92 Å². The van der Waals surface area contributed by atoms with Crippen LogP contribution in [0, 0.1) is 0 Å². The van der Waals surface area contributed by atoms with E-state index in [9.17, 15) is 4.79 Å². The fraction of sp³-hybridized carbons (Fsp3) is 0.533. The Hall–Kier alpha value is -2.51. The molecule has 8 nitrogen and oxygen atoms in total. The second-order valence-electron chi connectivity index (χ2n) is 5.69. The number of methoxy groups -OCH3 is 1. The molecule has 0 spiro atoms. The van der Waals surface area contributed by atoms with Gasteiger partial charge in [-0.1, -0.05) is 12.8 Å². The number of amides is 1. The van der Waals surface area contributed by atoms with Crippen LogP contribution in [0.15, 0.2) is 18.7 Å². The summed E-state index contributed by atoms with van der Waals surface area (Å²) in [5.41, 5.74) is 0.379. The van der Waals surface area contributed by atoms with Crippen LogP contribution >= 0.6 is 0 Å². The van der Waals surface area contributed by atoms with Gasteiger partial charge in [-0.15, -0.1) is 10.2 Å². The lowest BCUT2D eigenvalue weighted by Crippen LogP contribution is -2.29. The Morgan fingerprint density at radius 1 is 1.35 bits per heavy atom. The molecule has 2 aromatic heterocycles. The van der Waals surface area contributed by atoms with Gasteiger partial charge >= 0.3 is 6.01 Å². The van der Waals surface area contributed by atoms with E-state index in [4.69, 9.17) is 4.74 Å². The van der Waals surface area contributed by atoms with Gasteiger partial charge in [0.2, 0.25) is 0 Å². The van der Waals surface area contributed by atoms with Crippen LogP contribution in [0.5, 0.6) is 6.01 Å². The van der Waals surface area contributed by atoms with Gasteiger partial charge in [0.15, 0.2) is 5.82 Å². The van der Waals surface area contributed by atoms with Crippen LogP contribution in [-0.2, 0) is 0 Å². The second-order valence-corrected chi connectivity index (χ2v) is 5.69. The number of hydrogen-bond donors (Lipinski definition) is 1. The maximum Gasteiger partial charge on any atom is 0.316 e. The number of hydrogen-bond acceptors (Lipinski definition) is 6. The summed E-state index contributed by atoms with van der Waals surface area (Å²) in [5.74, 6) is 0.529. The Kier molecular flexibility index (Phi) is 4.50. The molecule has 0 aromatic carbocycles. The highest BCUT2D eigenvalue weighted by atomic mass is 16.5. The summed E-state index contributed by atoms with van der Waals surface area (Å²) in [6.07, 6.45) is 9.37. The first-order valence-corrected chi connectivity index (χ1v) is 7.75. The molecule has 0 unspecified atom stereocenters. The summed E-state index contributed by atoms with van der Waals surface area (Å²) in [4.78, 5) is 20.2. The highest BCUT2D eigenvalue weighted by Crippen LogP contribution is 2.31. The van der Waals surface area contributed by atoms with E-state index in [1.54, 1.807) is 6.33 Å². The van der Waals surface area contributed by atoms with Crippen molar-refractivity contribution in [3.63, 3.8) is 0 Å². The molecule has 1 N–H and O–H groups in total. The molecule has 3 rings (SSSR count). The summed E-state index contributed by atoms with van der Waals surface area (Å²) >= 11 is 0. The monoisotopic (exact) mass is 316 g/mol. The van der Waals surface area contributed by atoms with Gasteiger partial charge in [-0.2, -0.15) is 0 Å². The molecule has 0 bridgehead atoms. The summed E-state index contributed by atoms with van der Waals surface area (Å²) in [7, 11) is 1.48. The van der Waals surface area contributed by atoms with Gasteiger partial charge in [0, 0.05) is 18.4 Å². The van der Waals surface area contributed by atoms with Crippen molar-refractivity contribution >= 4 is 5.91 Å². The Balaban J connectivity index is 1.69. The summed E-state index contributed by atoms with van der Waals surface area (Å²) in [6, 6.07) is 0.423. The number of nitrogens with one attached hydrogen (secondary N) is 1. The van der Waals surface area contributed by atoms with E-state index < -0.39 is 0 Å². The van der Waals surface area contributed by atoms with E-state index in [1.165, 1.54) is 32.3 Å². The van der Waals surface area contributed by atoms with Gasteiger partial charge in [0.25, 0.3) is 5.91 Å². The molecule has 1 aliphatic rings. The van der Waals surface area contributed by atoms with Crippen molar-refractivity contribution in [3.05, 3.63) is 30.1 Å². The minimum Gasteiger partial charge on any atom is -0.467 e. The smallest absolute Gasteiger partial charge is 0.316 e. The summed E-state index contributed by atoms with van der Waals surface area (Å²) in [6.45, 7) is 1.90. The maximum absolute atomic E-state index is 12.3. The lowest BCUT2D eigenvalue weighted by molar-refractivity contribution is 0.0936.